The van der Waals surface area contributed by atoms with Crippen LogP contribution in [0, 0.1) is 18.3 Å². The first kappa shape index (κ1) is 26.3. The van der Waals surface area contributed by atoms with Crippen molar-refractivity contribution >= 4 is 22.8 Å². The topological polar surface area (TPSA) is 93.7 Å². The Kier molecular flexibility index (Phi) is 9.67. The predicted molar refractivity (Wildman–Crippen MR) is 136 cm³/mol. The molecule has 0 radical (unpaired) electrons. The summed E-state index contributed by atoms with van der Waals surface area (Å²) in [6.07, 6.45) is 2.13. The first-order chi connectivity index (χ1) is 15.0. The van der Waals surface area contributed by atoms with Crippen molar-refractivity contribution in [1.29, 1.82) is 0 Å². The van der Waals surface area contributed by atoms with Crippen LogP contribution in [0.1, 0.15) is 51.3 Å². The van der Waals surface area contributed by atoms with Crippen LogP contribution in [0.3, 0.4) is 0 Å². The van der Waals surface area contributed by atoms with E-state index in [2.05, 4.69) is 17.4 Å². The van der Waals surface area contributed by atoms with Gasteiger partial charge in [0.25, 0.3) is 0 Å². The Morgan fingerprint density at radius 1 is 1.22 bits per heavy atom. The number of aryl methyl sites for hydroxylation is 1. The predicted octanol–water partition coefficient (Wildman–Crippen LogP) is 4.61. The number of nitrogens with one attached hydrogen (secondary N) is 1. The molecular formula is C26H37N3O2S. The van der Waals surface area contributed by atoms with Crippen molar-refractivity contribution in [2.45, 2.75) is 59.1 Å². The van der Waals surface area contributed by atoms with Crippen LogP contribution in [-0.4, -0.2) is 28.1 Å². The summed E-state index contributed by atoms with van der Waals surface area (Å²) >= 11 is -1.50. The molecule has 0 aliphatic carbocycles. The lowest BCUT2D eigenvalue weighted by Gasteiger charge is -2.29. The van der Waals surface area contributed by atoms with Gasteiger partial charge in [0, 0.05) is 29.2 Å². The number of allylic oxidation sites excluding steroid dienone is 1. The van der Waals surface area contributed by atoms with Crippen LogP contribution in [-0.2, 0) is 17.8 Å². The lowest BCUT2D eigenvalue weighted by Crippen LogP contribution is -2.43. The summed E-state index contributed by atoms with van der Waals surface area (Å²) < 4.78 is 11.7. The maximum Gasteiger partial charge on any atom is 0.176 e. The Morgan fingerprint density at radius 3 is 2.41 bits per heavy atom. The van der Waals surface area contributed by atoms with Crippen LogP contribution in [0.5, 0.6) is 0 Å². The van der Waals surface area contributed by atoms with E-state index in [4.69, 9.17) is 10.1 Å². The van der Waals surface area contributed by atoms with Crippen LogP contribution in [0.25, 0.3) is 5.70 Å². The van der Waals surface area contributed by atoms with Crippen molar-refractivity contribution in [2.24, 2.45) is 21.5 Å². The summed E-state index contributed by atoms with van der Waals surface area (Å²) in [6.45, 7) is 12.6. The molecule has 2 rings (SSSR count). The molecule has 32 heavy (non-hydrogen) atoms. The van der Waals surface area contributed by atoms with Gasteiger partial charge in [0.2, 0.25) is 0 Å². The van der Waals surface area contributed by atoms with E-state index in [9.17, 15) is 9.66 Å². The SMILES string of the molecule is C/C=C(\N=C(/C)C(CNC(O)C(C)(C)C)Cc1ccc([S+](N)[O-])c(C)c1)c1ccccc1. The summed E-state index contributed by atoms with van der Waals surface area (Å²) in [7, 11) is 0. The van der Waals surface area contributed by atoms with Gasteiger partial charge in [0.1, 0.15) is 6.23 Å². The molecule has 0 saturated heterocycles. The van der Waals surface area contributed by atoms with Gasteiger partial charge in [0.15, 0.2) is 4.90 Å². The van der Waals surface area contributed by atoms with Crippen LogP contribution in [0.15, 0.2) is 64.5 Å². The van der Waals surface area contributed by atoms with Gasteiger partial charge < -0.3 is 9.66 Å². The number of hydrogen-bond acceptors (Lipinski definition) is 5. The molecule has 0 aliphatic heterocycles. The minimum Gasteiger partial charge on any atom is -0.593 e. The fourth-order valence-electron chi connectivity index (χ4n) is 3.46. The molecule has 5 nitrogen and oxygen atoms in total. The Balaban J connectivity index is 2.32. The van der Waals surface area contributed by atoms with Crippen LogP contribution < -0.4 is 10.5 Å². The lowest BCUT2D eigenvalue weighted by molar-refractivity contribution is 0.0318. The molecule has 4 N–H and O–H groups in total. The van der Waals surface area contributed by atoms with Crippen molar-refractivity contribution in [1.82, 2.24) is 5.32 Å². The lowest BCUT2D eigenvalue weighted by atomic mass is 9.91. The maximum atomic E-state index is 11.7. The number of nitrogens with two attached hydrogens (primary N) is 1. The molecule has 0 aromatic heterocycles. The Hall–Kier alpha value is -1.96. The summed E-state index contributed by atoms with van der Waals surface area (Å²) in [5, 5.41) is 19.4. The molecule has 0 saturated carbocycles. The molecule has 3 unspecified atom stereocenters. The third-order valence-electron chi connectivity index (χ3n) is 5.55. The molecule has 0 bridgehead atoms. The number of aliphatic hydroxyl groups is 1. The van der Waals surface area contributed by atoms with E-state index in [1.165, 1.54) is 0 Å². The van der Waals surface area contributed by atoms with E-state index in [1.54, 1.807) is 0 Å². The van der Waals surface area contributed by atoms with Crippen molar-refractivity contribution in [3.63, 3.8) is 0 Å². The molecule has 6 heteroatoms. The van der Waals surface area contributed by atoms with Gasteiger partial charge in [-0.1, -0.05) is 69.3 Å². The minimum atomic E-state index is -1.50. The Labute approximate surface area is 196 Å². The second-order valence-electron chi connectivity index (χ2n) is 9.27. The molecule has 2 aromatic carbocycles. The quantitative estimate of drug-likeness (QED) is 0.292. The van der Waals surface area contributed by atoms with Crippen molar-refractivity contribution < 1.29 is 9.66 Å². The maximum absolute atomic E-state index is 11.7. The van der Waals surface area contributed by atoms with Crippen LogP contribution in [0.2, 0.25) is 0 Å². The normalized spacial score (nSPS) is 16.0. The summed E-state index contributed by atoms with van der Waals surface area (Å²) in [4.78, 5) is 5.61. The summed E-state index contributed by atoms with van der Waals surface area (Å²) in [5.41, 5.74) is 4.75. The van der Waals surface area contributed by atoms with Crippen LogP contribution in [0.4, 0.5) is 0 Å². The van der Waals surface area contributed by atoms with E-state index >= 15 is 0 Å². The molecular weight excluding hydrogens is 418 g/mol. The Bertz CT molecular complexity index is 934. The molecule has 0 aliphatic rings. The number of aliphatic imine (C=N–C) groups is 1. The van der Waals surface area contributed by atoms with Gasteiger partial charge in [-0.2, -0.15) is 0 Å². The van der Waals surface area contributed by atoms with E-state index in [1.807, 2.05) is 84.0 Å². The summed E-state index contributed by atoms with van der Waals surface area (Å²) in [6, 6.07) is 16.0. The van der Waals surface area contributed by atoms with Gasteiger partial charge in [-0.3, -0.25) is 10.3 Å². The number of nitrogens with zero attached hydrogens (tertiary/aromatic N) is 1. The zero-order valence-corrected chi connectivity index (χ0v) is 20.9. The molecule has 2 aromatic rings. The Morgan fingerprint density at radius 2 is 1.88 bits per heavy atom. The van der Waals surface area contributed by atoms with Crippen molar-refractivity contribution in [3.8, 4) is 0 Å². The molecule has 3 atom stereocenters. The molecule has 174 valence electrons. The van der Waals surface area contributed by atoms with E-state index in [0.29, 0.717) is 11.4 Å². The zero-order valence-electron chi connectivity index (χ0n) is 20.1. The second-order valence-corrected chi connectivity index (χ2v) is 10.3. The van der Waals surface area contributed by atoms with E-state index in [0.717, 1.165) is 34.5 Å². The average molecular weight is 456 g/mol. The van der Waals surface area contributed by atoms with Crippen molar-refractivity contribution in [3.05, 3.63) is 71.3 Å². The number of benzene rings is 2. The molecule has 0 spiro atoms. The van der Waals surface area contributed by atoms with E-state index < -0.39 is 17.6 Å². The number of aliphatic hydroxyl groups excluding tert-OH is 1. The first-order valence-corrected chi connectivity index (χ1v) is 12.2. The summed E-state index contributed by atoms with van der Waals surface area (Å²) in [5.74, 6) is 0.0688. The largest absolute Gasteiger partial charge is 0.593 e. The van der Waals surface area contributed by atoms with Gasteiger partial charge in [-0.05, 0) is 44.4 Å². The highest BCUT2D eigenvalue weighted by Gasteiger charge is 2.24. The second kappa shape index (κ2) is 11.8. The zero-order chi connectivity index (χ0) is 23.9. The average Bonchev–Trinajstić information content (AvgIpc) is 2.74. The van der Waals surface area contributed by atoms with Gasteiger partial charge in [0.05, 0.1) is 17.1 Å². The van der Waals surface area contributed by atoms with Gasteiger partial charge in [-0.15, -0.1) is 5.14 Å². The van der Waals surface area contributed by atoms with Gasteiger partial charge >= 0.3 is 0 Å². The fourth-order valence-corrected chi connectivity index (χ4v) is 4.04. The van der Waals surface area contributed by atoms with Gasteiger partial charge in [-0.25, -0.2) is 0 Å². The highest BCUT2D eigenvalue weighted by molar-refractivity contribution is 7.89. The molecule has 0 amide bonds. The minimum absolute atomic E-state index is 0.0688. The fraction of sp³-hybridized carbons (Fsp3) is 0.423. The van der Waals surface area contributed by atoms with Crippen LogP contribution >= 0.6 is 0 Å². The third-order valence-corrected chi connectivity index (χ3v) is 6.44. The smallest absolute Gasteiger partial charge is 0.176 e. The van der Waals surface area contributed by atoms with E-state index in [-0.39, 0.29) is 11.3 Å². The molecule has 0 heterocycles. The number of rotatable bonds is 9. The third kappa shape index (κ3) is 7.57. The molecule has 0 fully saturated rings. The number of hydrogen-bond donors (Lipinski definition) is 3. The van der Waals surface area contributed by atoms with Crippen molar-refractivity contribution in [2.75, 3.05) is 6.54 Å². The highest BCUT2D eigenvalue weighted by Crippen LogP contribution is 2.22. The monoisotopic (exact) mass is 455 g/mol. The first-order valence-electron chi connectivity index (χ1n) is 11.0. The highest BCUT2D eigenvalue weighted by atomic mass is 32.2. The standard InChI is InChI=1S/C26H37N3O2S/c1-7-23(21-11-9-8-10-12-21)29-19(3)22(17-28-25(30)26(4,5)6)16-20-13-14-24(32(27)31)18(2)15-20/h7-15,22,25,28,30H,16-17,27H2,1-6H3/b23-7-,29-19+.